The van der Waals surface area contributed by atoms with E-state index in [1.807, 2.05) is 26.0 Å². The van der Waals surface area contributed by atoms with Gasteiger partial charge in [0.25, 0.3) is 0 Å². The zero-order valence-corrected chi connectivity index (χ0v) is 18.0. The van der Waals surface area contributed by atoms with E-state index in [4.69, 9.17) is 14.5 Å². The third kappa shape index (κ3) is 4.95. The molecule has 3 aromatic rings. The van der Waals surface area contributed by atoms with Crippen LogP contribution in [0.15, 0.2) is 48.8 Å². The van der Waals surface area contributed by atoms with E-state index in [2.05, 4.69) is 20.6 Å². The SMILES string of the molecule is CCNC(=O)NCC1(C)COC(c2nc(-c3ccc(F)cc3)c(-c3ccncc3)[nH]2)OC1. The van der Waals surface area contributed by atoms with Crippen LogP contribution in [0.3, 0.4) is 0 Å². The van der Waals surface area contributed by atoms with Crippen LogP contribution in [-0.2, 0) is 9.47 Å². The van der Waals surface area contributed by atoms with E-state index in [1.165, 1.54) is 12.1 Å². The summed E-state index contributed by atoms with van der Waals surface area (Å²) in [7, 11) is 0. The molecule has 168 valence electrons. The van der Waals surface area contributed by atoms with Gasteiger partial charge in [0.15, 0.2) is 5.82 Å². The molecule has 1 aromatic carbocycles. The van der Waals surface area contributed by atoms with Crippen LogP contribution in [0.2, 0.25) is 0 Å². The van der Waals surface area contributed by atoms with Crippen LogP contribution >= 0.6 is 0 Å². The monoisotopic (exact) mass is 439 g/mol. The lowest BCUT2D eigenvalue weighted by Gasteiger charge is -2.36. The predicted octanol–water partition coefficient (Wildman–Crippen LogP) is 3.65. The summed E-state index contributed by atoms with van der Waals surface area (Å²) in [6.45, 7) is 5.62. The second-order valence-electron chi connectivity index (χ2n) is 8.07. The van der Waals surface area contributed by atoms with Crippen molar-refractivity contribution in [3.05, 3.63) is 60.4 Å². The van der Waals surface area contributed by atoms with Crippen molar-refractivity contribution in [3.63, 3.8) is 0 Å². The molecule has 32 heavy (non-hydrogen) atoms. The third-order valence-electron chi connectivity index (χ3n) is 5.21. The number of nitrogens with zero attached hydrogens (tertiary/aromatic N) is 2. The highest BCUT2D eigenvalue weighted by Gasteiger charge is 2.35. The van der Waals surface area contributed by atoms with E-state index in [0.717, 1.165) is 16.8 Å². The van der Waals surface area contributed by atoms with Gasteiger partial charge in [0, 0.05) is 42.0 Å². The molecule has 3 heterocycles. The first-order chi connectivity index (χ1) is 15.5. The minimum absolute atomic E-state index is 0.215. The number of imidazole rings is 1. The average Bonchev–Trinajstić information content (AvgIpc) is 3.25. The Balaban J connectivity index is 1.53. The Labute approximate surface area is 185 Å². The fraction of sp³-hybridized carbons (Fsp3) is 0.348. The van der Waals surface area contributed by atoms with Gasteiger partial charge < -0.3 is 25.1 Å². The quantitative estimate of drug-likeness (QED) is 0.544. The molecule has 1 saturated heterocycles. The Kier molecular flexibility index (Phi) is 6.48. The van der Waals surface area contributed by atoms with E-state index in [0.29, 0.717) is 37.8 Å². The maximum atomic E-state index is 13.4. The summed E-state index contributed by atoms with van der Waals surface area (Å²) >= 11 is 0. The molecule has 3 N–H and O–H groups in total. The summed E-state index contributed by atoms with van der Waals surface area (Å²) in [4.78, 5) is 23.8. The number of ether oxygens (including phenoxy) is 2. The molecule has 8 nitrogen and oxygen atoms in total. The van der Waals surface area contributed by atoms with Gasteiger partial charge in [0.1, 0.15) is 5.82 Å². The van der Waals surface area contributed by atoms with Crippen molar-refractivity contribution in [1.82, 2.24) is 25.6 Å². The minimum Gasteiger partial charge on any atom is -0.345 e. The molecule has 1 aliphatic rings. The van der Waals surface area contributed by atoms with Gasteiger partial charge >= 0.3 is 6.03 Å². The number of hydrogen-bond donors (Lipinski definition) is 3. The van der Waals surface area contributed by atoms with Crippen LogP contribution in [0.5, 0.6) is 0 Å². The van der Waals surface area contributed by atoms with Gasteiger partial charge in [-0.1, -0.05) is 6.92 Å². The topological polar surface area (TPSA) is 101 Å². The number of carbonyl (C=O) groups is 1. The van der Waals surface area contributed by atoms with Crippen LogP contribution in [0.25, 0.3) is 22.5 Å². The van der Waals surface area contributed by atoms with E-state index in [9.17, 15) is 9.18 Å². The first kappa shape index (κ1) is 21.9. The highest BCUT2D eigenvalue weighted by Crippen LogP contribution is 2.35. The number of urea groups is 1. The van der Waals surface area contributed by atoms with Gasteiger partial charge in [-0.3, -0.25) is 4.98 Å². The van der Waals surface area contributed by atoms with Crippen molar-refractivity contribution in [1.29, 1.82) is 0 Å². The maximum absolute atomic E-state index is 13.4. The molecule has 4 rings (SSSR count). The second-order valence-corrected chi connectivity index (χ2v) is 8.07. The standard InChI is InChI=1S/C23H26FN5O3/c1-3-26-22(30)27-12-23(2)13-31-21(32-14-23)20-28-18(15-4-6-17(24)7-5-15)19(29-20)16-8-10-25-11-9-16/h4-11,21H,3,12-14H2,1-2H3,(H,28,29)(H2,26,27,30). The first-order valence-electron chi connectivity index (χ1n) is 10.5. The fourth-order valence-electron chi connectivity index (χ4n) is 3.47. The predicted molar refractivity (Wildman–Crippen MR) is 117 cm³/mol. The molecule has 0 atom stereocenters. The lowest BCUT2D eigenvalue weighted by molar-refractivity contribution is -0.231. The highest BCUT2D eigenvalue weighted by molar-refractivity contribution is 5.78. The van der Waals surface area contributed by atoms with Gasteiger partial charge in [0.2, 0.25) is 6.29 Å². The van der Waals surface area contributed by atoms with Crippen LogP contribution in [0.4, 0.5) is 9.18 Å². The number of aromatic nitrogens is 3. The molecule has 0 bridgehead atoms. The molecule has 0 unspecified atom stereocenters. The summed E-state index contributed by atoms with van der Waals surface area (Å²) < 4.78 is 25.4. The summed E-state index contributed by atoms with van der Waals surface area (Å²) in [6, 6.07) is 9.71. The number of rotatable bonds is 6. The smallest absolute Gasteiger partial charge is 0.314 e. The Morgan fingerprint density at radius 1 is 1.12 bits per heavy atom. The number of nitrogens with one attached hydrogen (secondary N) is 3. The van der Waals surface area contributed by atoms with Crippen molar-refractivity contribution < 1.29 is 18.7 Å². The van der Waals surface area contributed by atoms with Crippen molar-refractivity contribution in [2.45, 2.75) is 20.1 Å². The molecule has 9 heteroatoms. The van der Waals surface area contributed by atoms with Crippen molar-refractivity contribution in [3.8, 4) is 22.5 Å². The number of H-pyrrole nitrogens is 1. The Morgan fingerprint density at radius 3 is 2.47 bits per heavy atom. The lowest BCUT2D eigenvalue weighted by Crippen LogP contribution is -2.47. The zero-order valence-electron chi connectivity index (χ0n) is 18.0. The van der Waals surface area contributed by atoms with Gasteiger partial charge in [-0.05, 0) is 43.3 Å². The number of hydrogen-bond acceptors (Lipinski definition) is 5. The molecule has 2 aromatic heterocycles. The zero-order chi connectivity index (χ0) is 22.6. The van der Waals surface area contributed by atoms with Crippen molar-refractivity contribution in [2.75, 3.05) is 26.3 Å². The molecule has 0 aliphatic carbocycles. The number of amides is 2. The Morgan fingerprint density at radius 2 is 1.81 bits per heavy atom. The van der Waals surface area contributed by atoms with Crippen molar-refractivity contribution in [2.24, 2.45) is 5.41 Å². The van der Waals surface area contributed by atoms with E-state index in [-0.39, 0.29) is 17.3 Å². The molecule has 0 radical (unpaired) electrons. The van der Waals surface area contributed by atoms with E-state index < -0.39 is 6.29 Å². The highest BCUT2D eigenvalue weighted by atomic mass is 19.1. The number of halogens is 1. The Hall–Kier alpha value is -3.30. The molecule has 2 amide bonds. The Bertz CT molecular complexity index is 1050. The maximum Gasteiger partial charge on any atom is 0.314 e. The number of pyridine rings is 1. The molecule has 0 spiro atoms. The van der Waals surface area contributed by atoms with Gasteiger partial charge in [-0.2, -0.15) is 0 Å². The van der Waals surface area contributed by atoms with E-state index >= 15 is 0 Å². The second kappa shape index (κ2) is 9.46. The lowest BCUT2D eigenvalue weighted by atomic mass is 9.92. The number of aromatic amines is 1. The molecular formula is C23H26FN5O3. The van der Waals surface area contributed by atoms with Gasteiger partial charge in [-0.25, -0.2) is 14.2 Å². The molecular weight excluding hydrogens is 413 g/mol. The number of carbonyl (C=O) groups excluding carboxylic acids is 1. The van der Waals surface area contributed by atoms with Crippen LogP contribution in [0.1, 0.15) is 26.0 Å². The molecule has 1 fully saturated rings. The average molecular weight is 439 g/mol. The van der Waals surface area contributed by atoms with Gasteiger partial charge in [0.05, 0.1) is 24.6 Å². The molecule has 0 saturated carbocycles. The number of benzene rings is 1. The third-order valence-corrected chi connectivity index (χ3v) is 5.21. The molecule has 1 aliphatic heterocycles. The first-order valence-corrected chi connectivity index (χ1v) is 10.5. The largest absolute Gasteiger partial charge is 0.345 e. The van der Waals surface area contributed by atoms with Gasteiger partial charge in [-0.15, -0.1) is 0 Å². The van der Waals surface area contributed by atoms with Crippen LogP contribution < -0.4 is 10.6 Å². The van der Waals surface area contributed by atoms with Crippen LogP contribution in [-0.4, -0.2) is 47.3 Å². The minimum atomic E-state index is -0.678. The van der Waals surface area contributed by atoms with Crippen LogP contribution in [0, 0.1) is 11.2 Å². The summed E-state index contributed by atoms with van der Waals surface area (Å²) in [5.74, 6) is 0.212. The fourth-order valence-corrected chi connectivity index (χ4v) is 3.47. The summed E-state index contributed by atoms with van der Waals surface area (Å²) in [6.07, 6.45) is 2.72. The normalized spacial score (nSPS) is 20.7. The van der Waals surface area contributed by atoms with E-state index in [1.54, 1.807) is 24.5 Å². The van der Waals surface area contributed by atoms with Crippen molar-refractivity contribution >= 4 is 6.03 Å². The summed E-state index contributed by atoms with van der Waals surface area (Å²) in [5, 5.41) is 5.55. The summed E-state index contributed by atoms with van der Waals surface area (Å²) in [5.41, 5.74) is 2.75.